The fraction of sp³-hybridized carbons (Fsp3) is 0.909. The van der Waals surface area contributed by atoms with Crippen LogP contribution in [0.2, 0.25) is 0 Å². The highest BCUT2D eigenvalue weighted by molar-refractivity contribution is 5.76. The zero-order chi connectivity index (χ0) is 12.0. The number of nitrogens with one attached hydrogen (secondary N) is 1. The van der Waals surface area contributed by atoms with Crippen LogP contribution in [0.1, 0.15) is 26.7 Å². The fourth-order valence-corrected chi connectivity index (χ4v) is 1.63. The highest BCUT2D eigenvalue weighted by atomic mass is 16.5. The number of amides is 2. The lowest BCUT2D eigenvalue weighted by Crippen LogP contribution is -2.44. The van der Waals surface area contributed by atoms with Gasteiger partial charge in [0, 0.05) is 25.2 Å². The summed E-state index contributed by atoms with van der Waals surface area (Å²) >= 11 is 0. The van der Waals surface area contributed by atoms with Gasteiger partial charge in [0.25, 0.3) is 0 Å². The standard InChI is InChI=1S/C11H23N3O2/c1-3-11(12,4-2)9-16-8-7-14-6-5-13-10(14)15/h3-9,12H2,1-2H3,(H,13,15). The maximum absolute atomic E-state index is 11.2. The molecule has 0 spiro atoms. The molecule has 1 heterocycles. The highest BCUT2D eigenvalue weighted by Crippen LogP contribution is 2.11. The van der Waals surface area contributed by atoms with Gasteiger partial charge in [-0.3, -0.25) is 0 Å². The van der Waals surface area contributed by atoms with Gasteiger partial charge in [0.15, 0.2) is 0 Å². The molecule has 0 unspecified atom stereocenters. The first kappa shape index (κ1) is 13.3. The Balaban J connectivity index is 2.13. The van der Waals surface area contributed by atoms with Crippen molar-refractivity contribution in [3.63, 3.8) is 0 Å². The van der Waals surface area contributed by atoms with Crippen molar-refractivity contribution in [1.29, 1.82) is 0 Å². The first-order chi connectivity index (χ1) is 7.61. The van der Waals surface area contributed by atoms with Crippen LogP contribution in [0, 0.1) is 0 Å². The first-order valence-corrected chi connectivity index (χ1v) is 6.00. The molecule has 0 atom stereocenters. The monoisotopic (exact) mass is 229 g/mol. The van der Waals surface area contributed by atoms with Gasteiger partial charge < -0.3 is 20.7 Å². The molecule has 1 fully saturated rings. The maximum Gasteiger partial charge on any atom is 0.317 e. The van der Waals surface area contributed by atoms with Crippen molar-refractivity contribution >= 4 is 6.03 Å². The Morgan fingerprint density at radius 2 is 2.19 bits per heavy atom. The summed E-state index contributed by atoms with van der Waals surface area (Å²) in [5.41, 5.74) is 5.89. The molecule has 16 heavy (non-hydrogen) atoms. The summed E-state index contributed by atoms with van der Waals surface area (Å²) in [6, 6.07) is 0.00796. The van der Waals surface area contributed by atoms with E-state index >= 15 is 0 Å². The van der Waals surface area contributed by atoms with Crippen molar-refractivity contribution in [3.8, 4) is 0 Å². The first-order valence-electron chi connectivity index (χ1n) is 6.00. The quantitative estimate of drug-likeness (QED) is 0.626. The molecule has 5 heteroatoms. The van der Waals surface area contributed by atoms with Crippen LogP contribution in [0.3, 0.4) is 0 Å². The third-order valence-electron chi connectivity index (χ3n) is 3.25. The van der Waals surface area contributed by atoms with E-state index in [1.54, 1.807) is 4.90 Å². The van der Waals surface area contributed by atoms with E-state index in [0.717, 1.165) is 25.9 Å². The summed E-state index contributed by atoms with van der Waals surface area (Å²) < 4.78 is 5.54. The predicted molar refractivity (Wildman–Crippen MR) is 63.3 cm³/mol. The lowest BCUT2D eigenvalue weighted by Gasteiger charge is -2.26. The Bertz CT molecular complexity index is 229. The van der Waals surface area contributed by atoms with Gasteiger partial charge in [-0.25, -0.2) is 4.79 Å². The molecule has 2 amide bonds. The van der Waals surface area contributed by atoms with E-state index in [1.165, 1.54) is 0 Å². The SMILES string of the molecule is CCC(N)(CC)COCCN1CCNC1=O. The molecule has 1 aliphatic heterocycles. The number of nitrogens with zero attached hydrogens (tertiary/aromatic N) is 1. The summed E-state index contributed by atoms with van der Waals surface area (Å²) in [5.74, 6) is 0. The van der Waals surface area contributed by atoms with Crippen LogP contribution in [-0.4, -0.2) is 49.3 Å². The zero-order valence-corrected chi connectivity index (χ0v) is 10.3. The van der Waals surface area contributed by atoms with E-state index in [9.17, 15) is 4.79 Å². The van der Waals surface area contributed by atoms with E-state index in [2.05, 4.69) is 19.2 Å². The number of nitrogens with two attached hydrogens (primary N) is 1. The van der Waals surface area contributed by atoms with Crippen LogP contribution in [0.15, 0.2) is 0 Å². The summed E-state index contributed by atoms with van der Waals surface area (Å²) in [7, 11) is 0. The molecule has 0 radical (unpaired) electrons. The summed E-state index contributed by atoms with van der Waals surface area (Å²) in [5, 5.41) is 2.76. The minimum absolute atomic E-state index is 0.00796. The molecule has 3 N–H and O–H groups in total. The summed E-state index contributed by atoms with van der Waals surface area (Å²) in [6.45, 7) is 7.43. The molecule has 0 aromatic rings. The number of urea groups is 1. The predicted octanol–water partition coefficient (Wildman–Crippen LogP) is 0.546. The lowest BCUT2D eigenvalue weighted by atomic mass is 9.96. The van der Waals surface area contributed by atoms with Gasteiger partial charge in [-0.1, -0.05) is 13.8 Å². The number of ether oxygens (including phenoxy) is 1. The Labute approximate surface area is 97.3 Å². The van der Waals surface area contributed by atoms with Gasteiger partial charge in [0.1, 0.15) is 0 Å². The van der Waals surface area contributed by atoms with Crippen molar-refractivity contribution in [2.45, 2.75) is 32.2 Å². The second-order valence-electron chi connectivity index (χ2n) is 4.34. The zero-order valence-electron chi connectivity index (χ0n) is 10.3. The number of carbonyl (C=O) groups is 1. The topological polar surface area (TPSA) is 67.6 Å². The molecule has 0 aliphatic carbocycles. The molecule has 5 nitrogen and oxygen atoms in total. The van der Waals surface area contributed by atoms with Crippen molar-refractivity contribution in [3.05, 3.63) is 0 Å². The highest BCUT2D eigenvalue weighted by Gasteiger charge is 2.21. The van der Waals surface area contributed by atoms with E-state index in [1.807, 2.05) is 0 Å². The third-order valence-corrected chi connectivity index (χ3v) is 3.25. The van der Waals surface area contributed by atoms with Crippen LogP contribution in [0.5, 0.6) is 0 Å². The van der Waals surface area contributed by atoms with Gasteiger partial charge in [0.2, 0.25) is 0 Å². The lowest BCUT2D eigenvalue weighted by molar-refractivity contribution is 0.0712. The molecule has 0 bridgehead atoms. The second kappa shape index (κ2) is 6.06. The van der Waals surface area contributed by atoms with Crippen LogP contribution in [0.4, 0.5) is 4.79 Å². The molecular weight excluding hydrogens is 206 g/mol. The largest absolute Gasteiger partial charge is 0.378 e. The molecule has 1 rings (SSSR count). The number of hydrogen-bond acceptors (Lipinski definition) is 3. The fourth-order valence-electron chi connectivity index (χ4n) is 1.63. The van der Waals surface area contributed by atoms with Gasteiger partial charge in [-0.15, -0.1) is 0 Å². The van der Waals surface area contributed by atoms with Crippen LogP contribution in [0.25, 0.3) is 0 Å². The second-order valence-corrected chi connectivity index (χ2v) is 4.34. The number of rotatable bonds is 7. The Hall–Kier alpha value is -0.810. The number of hydrogen-bond donors (Lipinski definition) is 2. The molecule has 0 saturated carbocycles. The Kier molecular flexibility index (Phi) is 5.02. The van der Waals surface area contributed by atoms with Crippen molar-refractivity contribution in [2.75, 3.05) is 32.8 Å². The van der Waals surface area contributed by atoms with Crippen molar-refractivity contribution in [2.24, 2.45) is 5.73 Å². The van der Waals surface area contributed by atoms with Crippen LogP contribution < -0.4 is 11.1 Å². The van der Waals surface area contributed by atoms with Crippen LogP contribution >= 0.6 is 0 Å². The molecule has 1 saturated heterocycles. The minimum Gasteiger partial charge on any atom is -0.378 e. The normalized spacial score (nSPS) is 16.7. The van der Waals surface area contributed by atoms with Gasteiger partial charge >= 0.3 is 6.03 Å². The van der Waals surface area contributed by atoms with Gasteiger partial charge in [0.05, 0.1) is 13.2 Å². The van der Waals surface area contributed by atoms with Crippen LogP contribution in [-0.2, 0) is 4.74 Å². The molecule has 0 aromatic carbocycles. The van der Waals surface area contributed by atoms with Crippen molar-refractivity contribution in [1.82, 2.24) is 10.2 Å². The van der Waals surface area contributed by atoms with E-state index in [4.69, 9.17) is 10.5 Å². The molecule has 94 valence electrons. The summed E-state index contributed by atoms with van der Waals surface area (Å²) in [6.07, 6.45) is 1.82. The van der Waals surface area contributed by atoms with E-state index in [0.29, 0.717) is 19.8 Å². The van der Waals surface area contributed by atoms with Gasteiger partial charge in [-0.2, -0.15) is 0 Å². The average Bonchev–Trinajstić information content (AvgIpc) is 2.70. The van der Waals surface area contributed by atoms with Crippen molar-refractivity contribution < 1.29 is 9.53 Å². The molecular formula is C11H23N3O2. The Morgan fingerprint density at radius 1 is 1.50 bits per heavy atom. The average molecular weight is 229 g/mol. The van der Waals surface area contributed by atoms with E-state index in [-0.39, 0.29) is 11.6 Å². The minimum atomic E-state index is -0.215. The van der Waals surface area contributed by atoms with Gasteiger partial charge in [-0.05, 0) is 12.8 Å². The third kappa shape index (κ3) is 3.64. The molecule has 1 aliphatic rings. The molecule has 0 aromatic heterocycles. The number of carbonyl (C=O) groups excluding carboxylic acids is 1. The van der Waals surface area contributed by atoms with E-state index < -0.39 is 0 Å². The maximum atomic E-state index is 11.2. The Morgan fingerprint density at radius 3 is 2.69 bits per heavy atom. The smallest absolute Gasteiger partial charge is 0.317 e. The summed E-state index contributed by atoms with van der Waals surface area (Å²) in [4.78, 5) is 13.0.